The van der Waals surface area contributed by atoms with Crippen LogP contribution >= 0.6 is 0 Å². The van der Waals surface area contributed by atoms with Gasteiger partial charge in [0.15, 0.2) is 5.69 Å². The highest BCUT2D eigenvalue weighted by molar-refractivity contribution is 5.94. The standard InChI is InChI=1S/C12H17N3O/c16-12(13-8-4-1-2-5-8)11-9-6-3-7-10(9)14-15-11/h8H,1-7H2,(H,13,16)(H,14,15). The first-order valence-electron chi connectivity index (χ1n) is 6.21. The van der Waals surface area contributed by atoms with E-state index in [-0.39, 0.29) is 5.91 Å². The minimum Gasteiger partial charge on any atom is -0.348 e. The smallest absolute Gasteiger partial charge is 0.272 e. The van der Waals surface area contributed by atoms with Gasteiger partial charge in [-0.25, -0.2) is 0 Å². The third kappa shape index (κ3) is 1.62. The minimum atomic E-state index is 0.0197. The van der Waals surface area contributed by atoms with Gasteiger partial charge in [0, 0.05) is 17.3 Å². The zero-order valence-corrected chi connectivity index (χ0v) is 9.38. The van der Waals surface area contributed by atoms with Gasteiger partial charge in [-0.15, -0.1) is 0 Å². The molecule has 0 bridgehead atoms. The van der Waals surface area contributed by atoms with Crippen LogP contribution in [0, 0.1) is 0 Å². The molecule has 1 fully saturated rings. The SMILES string of the molecule is O=C(NC1CCCC1)c1n[nH]c2c1CCC2. The van der Waals surface area contributed by atoms with Crippen LogP contribution in [0.1, 0.15) is 53.8 Å². The average Bonchev–Trinajstić information content (AvgIpc) is 2.92. The molecular formula is C12H17N3O. The van der Waals surface area contributed by atoms with Gasteiger partial charge in [-0.2, -0.15) is 5.10 Å². The molecule has 0 unspecified atom stereocenters. The number of aromatic nitrogens is 2. The molecule has 86 valence electrons. The Bertz CT molecular complexity index is 404. The van der Waals surface area contributed by atoms with Gasteiger partial charge in [0.05, 0.1) is 0 Å². The van der Waals surface area contributed by atoms with Crippen molar-refractivity contribution in [1.29, 1.82) is 0 Å². The summed E-state index contributed by atoms with van der Waals surface area (Å²) >= 11 is 0. The molecule has 0 spiro atoms. The predicted octanol–water partition coefficient (Wildman–Crippen LogP) is 1.57. The van der Waals surface area contributed by atoms with E-state index in [1.807, 2.05) is 0 Å². The summed E-state index contributed by atoms with van der Waals surface area (Å²) in [5, 5.41) is 10.2. The van der Waals surface area contributed by atoms with E-state index < -0.39 is 0 Å². The second-order valence-corrected chi connectivity index (χ2v) is 4.84. The fourth-order valence-electron chi connectivity index (χ4n) is 2.83. The van der Waals surface area contributed by atoms with Crippen LogP contribution in [0.2, 0.25) is 0 Å². The number of fused-ring (bicyclic) bond motifs is 1. The van der Waals surface area contributed by atoms with Crippen LogP contribution in [0.3, 0.4) is 0 Å². The van der Waals surface area contributed by atoms with Gasteiger partial charge in [-0.3, -0.25) is 9.89 Å². The van der Waals surface area contributed by atoms with E-state index in [1.54, 1.807) is 0 Å². The Hall–Kier alpha value is -1.32. The van der Waals surface area contributed by atoms with Crippen molar-refractivity contribution in [2.75, 3.05) is 0 Å². The fraction of sp³-hybridized carbons (Fsp3) is 0.667. The van der Waals surface area contributed by atoms with Gasteiger partial charge in [0.25, 0.3) is 5.91 Å². The van der Waals surface area contributed by atoms with E-state index in [4.69, 9.17) is 0 Å². The zero-order valence-electron chi connectivity index (χ0n) is 9.38. The Balaban J connectivity index is 1.73. The van der Waals surface area contributed by atoms with E-state index >= 15 is 0 Å². The predicted molar refractivity (Wildman–Crippen MR) is 60.3 cm³/mol. The van der Waals surface area contributed by atoms with E-state index in [0.717, 1.165) is 43.4 Å². The number of H-pyrrole nitrogens is 1. The molecule has 4 nitrogen and oxygen atoms in total. The summed E-state index contributed by atoms with van der Waals surface area (Å²) in [5.41, 5.74) is 2.95. The third-order valence-corrected chi connectivity index (χ3v) is 3.71. The molecule has 4 heteroatoms. The summed E-state index contributed by atoms with van der Waals surface area (Å²) in [6.07, 6.45) is 7.91. The van der Waals surface area contributed by atoms with Crippen molar-refractivity contribution in [2.24, 2.45) is 0 Å². The maximum atomic E-state index is 12.0. The summed E-state index contributed by atoms with van der Waals surface area (Å²) in [4.78, 5) is 12.0. The average molecular weight is 219 g/mol. The molecule has 1 aromatic heterocycles. The first kappa shape index (κ1) is 9.87. The Morgan fingerprint density at radius 1 is 1.25 bits per heavy atom. The highest BCUT2D eigenvalue weighted by atomic mass is 16.2. The molecule has 2 N–H and O–H groups in total. The van der Waals surface area contributed by atoms with Crippen molar-refractivity contribution in [2.45, 2.75) is 51.0 Å². The molecule has 3 rings (SSSR count). The number of carbonyl (C=O) groups excluding carboxylic acids is 1. The first-order chi connectivity index (χ1) is 7.84. The maximum Gasteiger partial charge on any atom is 0.272 e. The molecule has 0 saturated heterocycles. The number of nitrogens with zero attached hydrogens (tertiary/aromatic N) is 1. The Kier molecular flexibility index (Phi) is 2.42. The largest absolute Gasteiger partial charge is 0.348 e. The van der Waals surface area contributed by atoms with Crippen molar-refractivity contribution in [3.63, 3.8) is 0 Å². The highest BCUT2D eigenvalue weighted by Crippen LogP contribution is 2.23. The topological polar surface area (TPSA) is 57.8 Å². The van der Waals surface area contributed by atoms with Crippen LogP contribution in [-0.4, -0.2) is 22.1 Å². The molecule has 1 heterocycles. The molecule has 1 aromatic rings. The van der Waals surface area contributed by atoms with Crippen molar-refractivity contribution >= 4 is 5.91 Å². The highest BCUT2D eigenvalue weighted by Gasteiger charge is 2.25. The summed E-state index contributed by atoms with van der Waals surface area (Å²) in [5.74, 6) is 0.0197. The molecule has 2 aliphatic carbocycles. The van der Waals surface area contributed by atoms with Crippen LogP contribution in [-0.2, 0) is 12.8 Å². The van der Waals surface area contributed by atoms with E-state index in [9.17, 15) is 4.79 Å². The van der Waals surface area contributed by atoms with Gasteiger partial charge < -0.3 is 5.32 Å². The molecule has 0 aromatic carbocycles. The van der Waals surface area contributed by atoms with E-state index in [0.29, 0.717) is 11.7 Å². The normalized spacial score (nSPS) is 20.0. The first-order valence-corrected chi connectivity index (χ1v) is 6.21. The van der Waals surface area contributed by atoms with Crippen LogP contribution in [0.25, 0.3) is 0 Å². The lowest BCUT2D eigenvalue weighted by molar-refractivity contribution is 0.0932. The number of hydrogen-bond acceptors (Lipinski definition) is 2. The van der Waals surface area contributed by atoms with Gasteiger partial charge in [0.2, 0.25) is 0 Å². The quantitative estimate of drug-likeness (QED) is 0.793. The van der Waals surface area contributed by atoms with E-state index in [2.05, 4.69) is 15.5 Å². The van der Waals surface area contributed by atoms with Crippen molar-refractivity contribution in [3.8, 4) is 0 Å². The number of hydrogen-bond donors (Lipinski definition) is 2. The Morgan fingerprint density at radius 2 is 2.06 bits per heavy atom. The molecule has 0 radical (unpaired) electrons. The van der Waals surface area contributed by atoms with Crippen LogP contribution in [0.5, 0.6) is 0 Å². The second kappa shape index (κ2) is 3.92. The molecule has 0 atom stereocenters. The van der Waals surface area contributed by atoms with Crippen molar-refractivity contribution in [3.05, 3.63) is 17.0 Å². The number of nitrogens with one attached hydrogen (secondary N) is 2. The fourth-order valence-corrected chi connectivity index (χ4v) is 2.83. The monoisotopic (exact) mass is 219 g/mol. The summed E-state index contributed by atoms with van der Waals surface area (Å²) < 4.78 is 0. The molecule has 2 aliphatic rings. The molecular weight excluding hydrogens is 202 g/mol. The van der Waals surface area contributed by atoms with Crippen LogP contribution in [0.15, 0.2) is 0 Å². The van der Waals surface area contributed by atoms with Gasteiger partial charge in [-0.05, 0) is 32.1 Å². The summed E-state index contributed by atoms with van der Waals surface area (Å²) in [6.45, 7) is 0. The Labute approximate surface area is 94.8 Å². The number of aromatic amines is 1. The van der Waals surface area contributed by atoms with Crippen LogP contribution < -0.4 is 5.32 Å². The number of aryl methyl sites for hydroxylation is 1. The summed E-state index contributed by atoms with van der Waals surface area (Å²) in [7, 11) is 0. The lowest BCUT2D eigenvalue weighted by atomic mass is 10.1. The van der Waals surface area contributed by atoms with E-state index in [1.165, 1.54) is 12.8 Å². The van der Waals surface area contributed by atoms with Crippen molar-refractivity contribution in [1.82, 2.24) is 15.5 Å². The van der Waals surface area contributed by atoms with Gasteiger partial charge in [0.1, 0.15) is 0 Å². The molecule has 1 amide bonds. The maximum absolute atomic E-state index is 12.0. The van der Waals surface area contributed by atoms with Gasteiger partial charge in [-0.1, -0.05) is 12.8 Å². The third-order valence-electron chi connectivity index (χ3n) is 3.71. The number of amides is 1. The summed E-state index contributed by atoms with van der Waals surface area (Å²) in [6, 6.07) is 0.376. The lowest BCUT2D eigenvalue weighted by Gasteiger charge is -2.10. The second-order valence-electron chi connectivity index (χ2n) is 4.84. The zero-order chi connectivity index (χ0) is 11.0. The molecule has 1 saturated carbocycles. The number of carbonyl (C=O) groups is 1. The van der Waals surface area contributed by atoms with Gasteiger partial charge >= 0.3 is 0 Å². The lowest BCUT2D eigenvalue weighted by Crippen LogP contribution is -2.33. The van der Waals surface area contributed by atoms with Crippen LogP contribution in [0.4, 0.5) is 0 Å². The molecule has 16 heavy (non-hydrogen) atoms. The van der Waals surface area contributed by atoms with Crippen molar-refractivity contribution < 1.29 is 4.79 Å². The minimum absolute atomic E-state index is 0.0197. The number of rotatable bonds is 2. The molecule has 0 aliphatic heterocycles. The Morgan fingerprint density at radius 3 is 2.88 bits per heavy atom.